The highest BCUT2D eigenvalue weighted by Crippen LogP contribution is 2.27. The molecule has 2 aromatic carbocycles. The molecule has 2 atom stereocenters. The Balaban J connectivity index is 1.38. The van der Waals surface area contributed by atoms with Crippen LogP contribution >= 0.6 is 0 Å². The third-order valence-corrected chi connectivity index (χ3v) is 6.32. The zero-order chi connectivity index (χ0) is 22.8. The van der Waals surface area contributed by atoms with Crippen molar-refractivity contribution in [2.24, 2.45) is 11.3 Å². The van der Waals surface area contributed by atoms with Gasteiger partial charge in [-0.05, 0) is 66.8 Å². The highest BCUT2D eigenvalue weighted by Gasteiger charge is 2.27. The van der Waals surface area contributed by atoms with Gasteiger partial charge in [-0.15, -0.1) is 0 Å². The Labute approximate surface area is 191 Å². The molecule has 0 aromatic heterocycles. The zero-order valence-corrected chi connectivity index (χ0v) is 19.4. The van der Waals surface area contributed by atoms with E-state index in [-0.39, 0.29) is 23.4 Å². The largest absolute Gasteiger partial charge is 0.445 e. The molecule has 4 nitrogen and oxygen atoms in total. The molecule has 32 heavy (non-hydrogen) atoms. The first-order valence-electron chi connectivity index (χ1n) is 11.8. The van der Waals surface area contributed by atoms with Crippen LogP contribution in [0.3, 0.4) is 0 Å². The van der Waals surface area contributed by atoms with Crippen LogP contribution in [0.4, 0.5) is 9.18 Å². The first-order chi connectivity index (χ1) is 15.4. The SMILES string of the molecule is CC(C)(CNCCC1CCCCC1NC(=O)OCc1ccccc1)Cc1ccc(F)cc1. The van der Waals surface area contributed by atoms with Crippen LogP contribution in [0, 0.1) is 17.2 Å². The zero-order valence-electron chi connectivity index (χ0n) is 19.4. The maximum absolute atomic E-state index is 13.1. The second-order valence-corrected chi connectivity index (χ2v) is 9.79. The molecule has 0 bridgehead atoms. The van der Waals surface area contributed by atoms with Crippen molar-refractivity contribution in [2.45, 2.75) is 65.0 Å². The predicted octanol–water partition coefficient (Wildman–Crippen LogP) is 5.86. The molecule has 1 aliphatic rings. The summed E-state index contributed by atoms with van der Waals surface area (Å²) in [5.74, 6) is 0.282. The van der Waals surface area contributed by atoms with E-state index >= 15 is 0 Å². The summed E-state index contributed by atoms with van der Waals surface area (Å²) in [4.78, 5) is 12.3. The third kappa shape index (κ3) is 8.27. The Morgan fingerprint density at radius 1 is 1.03 bits per heavy atom. The van der Waals surface area contributed by atoms with Crippen LogP contribution in [0.15, 0.2) is 54.6 Å². The summed E-state index contributed by atoms with van der Waals surface area (Å²) in [6.07, 6.45) is 6.15. The maximum Gasteiger partial charge on any atom is 0.407 e. The van der Waals surface area contributed by atoms with Gasteiger partial charge in [0.15, 0.2) is 0 Å². The van der Waals surface area contributed by atoms with E-state index in [0.717, 1.165) is 56.3 Å². The second kappa shape index (κ2) is 12.0. The van der Waals surface area contributed by atoms with Crippen LogP contribution < -0.4 is 10.6 Å². The number of halogens is 1. The fourth-order valence-electron chi connectivity index (χ4n) is 4.59. The van der Waals surface area contributed by atoms with E-state index in [2.05, 4.69) is 24.5 Å². The third-order valence-electron chi connectivity index (χ3n) is 6.32. The molecule has 0 aliphatic heterocycles. The number of hydrogen-bond donors (Lipinski definition) is 2. The number of nitrogens with one attached hydrogen (secondary N) is 2. The van der Waals surface area contributed by atoms with Crippen molar-refractivity contribution < 1.29 is 13.9 Å². The summed E-state index contributed by atoms with van der Waals surface area (Å²) in [6, 6.07) is 16.7. The molecule has 1 fully saturated rings. The smallest absolute Gasteiger partial charge is 0.407 e. The molecule has 1 aliphatic carbocycles. The Morgan fingerprint density at radius 3 is 2.50 bits per heavy atom. The molecule has 2 unspecified atom stereocenters. The minimum absolute atomic E-state index is 0.0866. The van der Waals surface area contributed by atoms with Crippen molar-refractivity contribution >= 4 is 6.09 Å². The molecule has 0 heterocycles. The van der Waals surface area contributed by atoms with E-state index in [9.17, 15) is 9.18 Å². The van der Waals surface area contributed by atoms with E-state index < -0.39 is 0 Å². The van der Waals surface area contributed by atoms with Crippen LogP contribution in [-0.2, 0) is 17.8 Å². The van der Waals surface area contributed by atoms with Crippen molar-refractivity contribution in [1.29, 1.82) is 0 Å². The normalized spacial score (nSPS) is 18.8. The van der Waals surface area contributed by atoms with E-state index in [4.69, 9.17) is 4.74 Å². The van der Waals surface area contributed by atoms with Gasteiger partial charge in [0.2, 0.25) is 0 Å². The van der Waals surface area contributed by atoms with Gasteiger partial charge in [0, 0.05) is 12.6 Å². The average Bonchev–Trinajstić information content (AvgIpc) is 2.78. The summed E-state index contributed by atoms with van der Waals surface area (Å²) < 4.78 is 18.6. The molecule has 174 valence electrons. The van der Waals surface area contributed by atoms with Gasteiger partial charge in [-0.3, -0.25) is 0 Å². The fraction of sp³-hybridized carbons (Fsp3) is 0.519. The predicted molar refractivity (Wildman–Crippen MR) is 127 cm³/mol. The number of benzene rings is 2. The number of ether oxygens (including phenoxy) is 1. The lowest BCUT2D eigenvalue weighted by Crippen LogP contribution is -2.43. The first kappa shape index (κ1) is 24.2. The van der Waals surface area contributed by atoms with Crippen LogP contribution in [-0.4, -0.2) is 25.2 Å². The van der Waals surface area contributed by atoms with Gasteiger partial charge < -0.3 is 15.4 Å². The van der Waals surface area contributed by atoms with Crippen LogP contribution in [0.1, 0.15) is 57.1 Å². The van der Waals surface area contributed by atoms with Crippen LogP contribution in [0.2, 0.25) is 0 Å². The highest BCUT2D eigenvalue weighted by atomic mass is 19.1. The molecule has 3 rings (SSSR count). The topological polar surface area (TPSA) is 50.4 Å². The number of carbonyl (C=O) groups excluding carboxylic acids is 1. The van der Waals surface area contributed by atoms with Crippen molar-refractivity contribution in [3.05, 3.63) is 71.5 Å². The monoisotopic (exact) mass is 440 g/mol. The van der Waals surface area contributed by atoms with Crippen LogP contribution in [0.5, 0.6) is 0 Å². The van der Waals surface area contributed by atoms with E-state index in [0.29, 0.717) is 12.5 Å². The maximum atomic E-state index is 13.1. The Kier molecular flexibility index (Phi) is 9.10. The van der Waals surface area contributed by atoms with Crippen molar-refractivity contribution in [3.63, 3.8) is 0 Å². The van der Waals surface area contributed by atoms with Gasteiger partial charge >= 0.3 is 6.09 Å². The minimum Gasteiger partial charge on any atom is -0.445 e. The minimum atomic E-state index is -0.320. The van der Waals surface area contributed by atoms with E-state index in [1.165, 1.54) is 18.6 Å². The lowest BCUT2D eigenvalue weighted by molar-refractivity contribution is 0.125. The van der Waals surface area contributed by atoms with Crippen molar-refractivity contribution in [3.8, 4) is 0 Å². The van der Waals surface area contributed by atoms with Crippen molar-refractivity contribution in [2.75, 3.05) is 13.1 Å². The van der Waals surface area contributed by atoms with Crippen molar-refractivity contribution in [1.82, 2.24) is 10.6 Å². The van der Waals surface area contributed by atoms with Gasteiger partial charge in [-0.2, -0.15) is 0 Å². The quantitative estimate of drug-likeness (QED) is 0.455. The summed E-state index contributed by atoms with van der Waals surface area (Å²) in [5.41, 5.74) is 2.24. The van der Waals surface area contributed by atoms with Gasteiger partial charge in [-0.1, -0.05) is 69.2 Å². The Hall–Kier alpha value is -2.40. The van der Waals surface area contributed by atoms with E-state index in [1.54, 1.807) is 0 Å². The van der Waals surface area contributed by atoms with Gasteiger partial charge in [0.25, 0.3) is 0 Å². The number of alkyl carbamates (subject to hydrolysis) is 1. The summed E-state index contributed by atoms with van der Waals surface area (Å²) in [6.45, 7) is 6.59. The van der Waals surface area contributed by atoms with Gasteiger partial charge in [-0.25, -0.2) is 9.18 Å². The molecule has 2 aromatic rings. The van der Waals surface area contributed by atoms with E-state index in [1.807, 2.05) is 42.5 Å². The lowest BCUT2D eigenvalue weighted by Gasteiger charge is -2.32. The number of hydrogen-bond acceptors (Lipinski definition) is 3. The molecule has 1 saturated carbocycles. The molecular weight excluding hydrogens is 403 g/mol. The summed E-state index contributed by atoms with van der Waals surface area (Å²) >= 11 is 0. The molecule has 0 spiro atoms. The molecule has 1 amide bonds. The van der Waals surface area contributed by atoms with Crippen LogP contribution in [0.25, 0.3) is 0 Å². The molecule has 0 saturated heterocycles. The Bertz CT molecular complexity index is 823. The first-order valence-corrected chi connectivity index (χ1v) is 11.8. The molecular formula is C27H37FN2O2. The number of amides is 1. The second-order valence-electron chi connectivity index (χ2n) is 9.79. The van der Waals surface area contributed by atoms with Gasteiger partial charge in [0.05, 0.1) is 0 Å². The standard InChI is InChI=1S/C27H37FN2O2/c1-27(2,18-21-12-14-24(28)15-13-21)20-29-17-16-23-10-6-7-11-25(23)30-26(31)32-19-22-8-4-3-5-9-22/h3-5,8-9,12-15,23,25,29H,6-7,10-11,16-20H2,1-2H3,(H,30,31). The lowest BCUT2D eigenvalue weighted by atomic mass is 9.82. The number of rotatable bonds is 10. The highest BCUT2D eigenvalue weighted by molar-refractivity contribution is 5.67. The molecule has 0 radical (unpaired) electrons. The Morgan fingerprint density at radius 2 is 1.75 bits per heavy atom. The summed E-state index contributed by atoms with van der Waals surface area (Å²) in [7, 11) is 0. The fourth-order valence-corrected chi connectivity index (χ4v) is 4.59. The average molecular weight is 441 g/mol. The molecule has 5 heteroatoms. The number of carbonyl (C=O) groups is 1. The summed E-state index contributed by atoms with van der Waals surface area (Å²) in [5, 5.41) is 6.72. The molecule has 2 N–H and O–H groups in total. The van der Waals surface area contributed by atoms with Gasteiger partial charge in [0.1, 0.15) is 12.4 Å².